The van der Waals surface area contributed by atoms with Gasteiger partial charge in [0.05, 0.1) is 11.3 Å². The first-order chi connectivity index (χ1) is 7.04. The molecule has 0 radical (unpaired) electrons. The molecule has 6 nitrogen and oxygen atoms in total. The Kier molecular flexibility index (Phi) is 3.29. The minimum Gasteiger partial charge on any atom is -0.289 e. The Hall–Kier alpha value is -2.02. The van der Waals surface area contributed by atoms with Gasteiger partial charge in [-0.05, 0) is 11.6 Å². The van der Waals surface area contributed by atoms with Crippen LogP contribution >= 0.6 is 0 Å². The van der Waals surface area contributed by atoms with Gasteiger partial charge in [-0.3, -0.25) is 20.1 Å². The number of nitro benzene ring substituents is 1. The highest BCUT2D eigenvalue weighted by molar-refractivity contribution is 5.77. The van der Waals surface area contributed by atoms with Gasteiger partial charge in [0, 0.05) is 6.07 Å². The van der Waals surface area contributed by atoms with Crippen LogP contribution in [-0.2, 0) is 11.2 Å². The maximum absolute atomic E-state index is 12.8. The number of benzene rings is 1. The fourth-order valence-corrected chi connectivity index (χ4v) is 1.03. The Bertz CT molecular complexity index is 408. The number of halogens is 1. The Morgan fingerprint density at radius 1 is 1.60 bits per heavy atom. The van der Waals surface area contributed by atoms with Crippen LogP contribution in [-0.4, -0.2) is 16.0 Å². The first kappa shape index (κ1) is 11.1. The second-order valence-electron chi connectivity index (χ2n) is 2.75. The molecule has 0 spiro atoms. The predicted molar refractivity (Wildman–Crippen MR) is 46.7 cm³/mol. The lowest BCUT2D eigenvalue weighted by molar-refractivity contribution is -0.387. The summed E-state index contributed by atoms with van der Waals surface area (Å²) in [6.07, 6.45) is -0.252. The number of nitrogens with one attached hydrogen (secondary N) is 1. The molecule has 0 aliphatic carbocycles. The van der Waals surface area contributed by atoms with Crippen molar-refractivity contribution in [2.45, 2.75) is 6.42 Å². The molecular formula is C8H7FN2O4. The van der Waals surface area contributed by atoms with E-state index in [-0.39, 0.29) is 12.0 Å². The van der Waals surface area contributed by atoms with Crippen molar-refractivity contribution in [3.8, 4) is 0 Å². The van der Waals surface area contributed by atoms with Crippen LogP contribution in [0.3, 0.4) is 0 Å². The highest BCUT2D eigenvalue weighted by Gasteiger charge is 2.15. The number of carbonyl (C=O) groups is 1. The number of hydrogen-bond donors (Lipinski definition) is 2. The van der Waals surface area contributed by atoms with E-state index in [0.717, 1.165) is 12.1 Å². The minimum absolute atomic E-state index is 0.245. The molecule has 0 fully saturated rings. The summed E-state index contributed by atoms with van der Waals surface area (Å²) in [6, 6.07) is 3.08. The Morgan fingerprint density at radius 3 is 2.80 bits per heavy atom. The first-order valence-corrected chi connectivity index (χ1v) is 3.90. The summed E-state index contributed by atoms with van der Waals surface area (Å²) in [7, 11) is 0. The van der Waals surface area contributed by atoms with Crippen molar-refractivity contribution < 1.29 is 19.3 Å². The fraction of sp³-hybridized carbons (Fsp3) is 0.125. The van der Waals surface area contributed by atoms with E-state index in [9.17, 15) is 19.3 Å². The lowest BCUT2D eigenvalue weighted by Gasteiger charge is -2.00. The third-order valence-corrected chi connectivity index (χ3v) is 1.70. The summed E-state index contributed by atoms with van der Waals surface area (Å²) in [5.74, 6) is -1.69. The summed E-state index contributed by atoms with van der Waals surface area (Å²) in [4.78, 5) is 20.2. The van der Waals surface area contributed by atoms with Crippen LogP contribution in [0.5, 0.6) is 0 Å². The van der Waals surface area contributed by atoms with Crippen LogP contribution in [0.4, 0.5) is 10.1 Å². The maximum atomic E-state index is 12.8. The fourth-order valence-electron chi connectivity index (χ4n) is 1.03. The molecule has 1 aromatic carbocycles. The van der Waals surface area contributed by atoms with Crippen LogP contribution in [0.2, 0.25) is 0 Å². The van der Waals surface area contributed by atoms with Gasteiger partial charge in [-0.25, -0.2) is 5.48 Å². The number of hydrogen-bond acceptors (Lipinski definition) is 4. The number of nitro groups is 1. The van der Waals surface area contributed by atoms with Crippen molar-refractivity contribution in [3.63, 3.8) is 0 Å². The van der Waals surface area contributed by atoms with Gasteiger partial charge in [-0.15, -0.1) is 0 Å². The quantitative estimate of drug-likeness (QED) is 0.441. The lowest BCUT2D eigenvalue weighted by atomic mass is 10.1. The van der Waals surface area contributed by atoms with E-state index in [0.29, 0.717) is 0 Å². The van der Waals surface area contributed by atoms with Gasteiger partial charge < -0.3 is 0 Å². The molecule has 0 aliphatic rings. The largest absolute Gasteiger partial charge is 0.305 e. The van der Waals surface area contributed by atoms with Crippen molar-refractivity contribution in [2.24, 2.45) is 0 Å². The smallest absolute Gasteiger partial charge is 0.289 e. The van der Waals surface area contributed by atoms with E-state index in [1.54, 1.807) is 0 Å². The third kappa shape index (κ3) is 2.71. The molecule has 0 aromatic heterocycles. The number of carbonyl (C=O) groups excluding carboxylic acids is 1. The molecule has 1 rings (SSSR count). The molecule has 1 amide bonds. The molecule has 1 aromatic rings. The zero-order valence-electron chi connectivity index (χ0n) is 7.44. The SMILES string of the molecule is O=C(Cc1ccc(F)c([N+](=O)[O-])c1)NO. The summed E-state index contributed by atoms with van der Waals surface area (Å²) in [5, 5.41) is 18.6. The molecule has 7 heteroatoms. The third-order valence-electron chi connectivity index (χ3n) is 1.70. The lowest BCUT2D eigenvalue weighted by Crippen LogP contribution is -2.20. The Labute approximate surface area is 83.4 Å². The van der Waals surface area contributed by atoms with Gasteiger partial charge >= 0.3 is 5.69 Å². The monoisotopic (exact) mass is 214 g/mol. The second-order valence-corrected chi connectivity index (χ2v) is 2.75. The van der Waals surface area contributed by atoms with Gasteiger partial charge in [0.2, 0.25) is 11.7 Å². The van der Waals surface area contributed by atoms with Gasteiger partial charge in [-0.1, -0.05) is 6.07 Å². The molecule has 15 heavy (non-hydrogen) atoms. The Morgan fingerprint density at radius 2 is 2.27 bits per heavy atom. The number of rotatable bonds is 3. The highest BCUT2D eigenvalue weighted by Crippen LogP contribution is 2.18. The molecule has 0 bridgehead atoms. The number of hydroxylamine groups is 1. The number of amides is 1. The van der Waals surface area contributed by atoms with E-state index < -0.39 is 22.3 Å². The van der Waals surface area contributed by atoms with Crippen LogP contribution in [0, 0.1) is 15.9 Å². The summed E-state index contributed by atoms with van der Waals surface area (Å²) >= 11 is 0. The van der Waals surface area contributed by atoms with Gasteiger partial charge in [0.25, 0.3) is 0 Å². The van der Waals surface area contributed by atoms with Gasteiger partial charge in [0.15, 0.2) is 0 Å². The van der Waals surface area contributed by atoms with E-state index in [4.69, 9.17) is 5.21 Å². The van der Waals surface area contributed by atoms with E-state index in [1.807, 2.05) is 0 Å². The van der Waals surface area contributed by atoms with Crippen molar-refractivity contribution in [2.75, 3.05) is 0 Å². The van der Waals surface area contributed by atoms with Crippen molar-refractivity contribution in [3.05, 3.63) is 39.7 Å². The molecule has 0 atom stereocenters. The molecule has 2 N–H and O–H groups in total. The predicted octanol–water partition coefficient (Wildman–Crippen LogP) is 0.782. The second kappa shape index (κ2) is 4.47. The average molecular weight is 214 g/mol. The standard InChI is InChI=1S/C8H7FN2O4/c9-6-2-1-5(4-8(12)10-13)3-7(6)11(14)15/h1-3,13H,4H2,(H,10,12). The van der Waals surface area contributed by atoms with E-state index in [1.165, 1.54) is 11.5 Å². The summed E-state index contributed by atoms with van der Waals surface area (Å²) in [6.45, 7) is 0. The molecular weight excluding hydrogens is 207 g/mol. The molecule has 80 valence electrons. The molecule has 0 aliphatic heterocycles. The topological polar surface area (TPSA) is 92.5 Å². The van der Waals surface area contributed by atoms with E-state index >= 15 is 0 Å². The molecule has 0 unspecified atom stereocenters. The summed E-state index contributed by atoms with van der Waals surface area (Å²) in [5.41, 5.74) is 0.923. The molecule has 0 saturated heterocycles. The van der Waals surface area contributed by atoms with Gasteiger partial charge in [0.1, 0.15) is 0 Å². The normalized spacial score (nSPS) is 9.73. The molecule has 0 heterocycles. The molecule has 0 saturated carbocycles. The average Bonchev–Trinajstić information content (AvgIpc) is 2.20. The maximum Gasteiger partial charge on any atom is 0.305 e. The highest BCUT2D eigenvalue weighted by atomic mass is 19.1. The number of nitrogens with zero attached hydrogens (tertiary/aromatic N) is 1. The Balaban J connectivity index is 2.97. The van der Waals surface area contributed by atoms with Crippen LogP contribution < -0.4 is 5.48 Å². The van der Waals surface area contributed by atoms with E-state index in [2.05, 4.69) is 0 Å². The van der Waals surface area contributed by atoms with Crippen LogP contribution in [0.25, 0.3) is 0 Å². The summed E-state index contributed by atoms with van der Waals surface area (Å²) < 4.78 is 12.8. The zero-order valence-corrected chi connectivity index (χ0v) is 7.44. The van der Waals surface area contributed by atoms with Crippen molar-refractivity contribution in [1.82, 2.24) is 5.48 Å². The minimum atomic E-state index is -0.965. The van der Waals surface area contributed by atoms with Crippen LogP contribution in [0.1, 0.15) is 5.56 Å². The van der Waals surface area contributed by atoms with Gasteiger partial charge in [-0.2, -0.15) is 4.39 Å². The van der Waals surface area contributed by atoms with Crippen LogP contribution in [0.15, 0.2) is 18.2 Å². The van der Waals surface area contributed by atoms with Crippen molar-refractivity contribution >= 4 is 11.6 Å². The zero-order chi connectivity index (χ0) is 11.4. The van der Waals surface area contributed by atoms with Crippen molar-refractivity contribution in [1.29, 1.82) is 0 Å². The first-order valence-electron chi connectivity index (χ1n) is 3.90.